The van der Waals surface area contributed by atoms with Crippen molar-refractivity contribution in [1.29, 1.82) is 5.26 Å². The minimum Gasteiger partial charge on any atom is -0.384 e. The van der Waals surface area contributed by atoms with Gasteiger partial charge in [-0.15, -0.1) is 0 Å². The Morgan fingerprint density at radius 3 is 2.87 bits per heavy atom. The lowest BCUT2D eigenvalue weighted by Crippen LogP contribution is -2.01. The van der Waals surface area contributed by atoms with Crippen molar-refractivity contribution in [1.82, 2.24) is 0 Å². The Balaban J connectivity index is 2.35. The Kier molecular flexibility index (Phi) is 5.00. The van der Waals surface area contributed by atoms with Crippen LogP contribution in [0.4, 0.5) is 5.69 Å². The smallest absolute Gasteiger partial charge is 0.0640 e. The highest BCUT2D eigenvalue weighted by molar-refractivity contribution is 6.33. The lowest BCUT2D eigenvalue weighted by Gasteiger charge is -2.08. The number of unbranched alkanes of at least 4 members (excludes halogenated alkanes) is 2. The molecular weight excluding hydrogens is 208 g/mol. The van der Waals surface area contributed by atoms with Gasteiger partial charge in [-0.3, -0.25) is 0 Å². The minimum atomic E-state index is 0.628. The Hall–Kier alpha value is -1.20. The van der Waals surface area contributed by atoms with E-state index in [1.165, 1.54) is 0 Å². The van der Waals surface area contributed by atoms with Gasteiger partial charge in [-0.05, 0) is 37.5 Å². The average Bonchev–Trinajstić information content (AvgIpc) is 2.20. The number of aryl methyl sites for hydroxylation is 1. The fourth-order valence-electron chi connectivity index (χ4n) is 1.32. The van der Waals surface area contributed by atoms with E-state index in [4.69, 9.17) is 16.9 Å². The molecule has 0 atom stereocenters. The fraction of sp³-hybridized carbons (Fsp3) is 0.417. The summed E-state index contributed by atoms with van der Waals surface area (Å²) in [7, 11) is 0. The number of nitrogens with zero attached hydrogens (tertiary/aromatic N) is 1. The molecule has 1 rings (SSSR count). The lowest BCUT2D eigenvalue weighted by molar-refractivity contribution is 0.784. The normalized spacial score (nSPS) is 9.67. The zero-order chi connectivity index (χ0) is 11.1. The predicted octanol–water partition coefficient (Wildman–Crippen LogP) is 3.75. The van der Waals surface area contributed by atoms with E-state index in [0.29, 0.717) is 6.42 Å². The standard InChI is InChI=1S/C12H15ClN2/c1-10-5-6-12(11(13)9-10)15-8-4-2-3-7-14/h5-6,9,15H,2-4,8H2,1H3. The molecule has 0 amide bonds. The van der Waals surface area contributed by atoms with Gasteiger partial charge in [0.2, 0.25) is 0 Å². The number of nitrogens with one attached hydrogen (secondary N) is 1. The topological polar surface area (TPSA) is 35.8 Å². The molecule has 1 aromatic carbocycles. The molecule has 0 spiro atoms. The maximum absolute atomic E-state index is 8.37. The van der Waals surface area contributed by atoms with E-state index in [-0.39, 0.29) is 0 Å². The summed E-state index contributed by atoms with van der Waals surface area (Å²) in [6.07, 6.45) is 2.56. The average molecular weight is 223 g/mol. The molecule has 3 heteroatoms. The Bertz CT molecular complexity index is 355. The van der Waals surface area contributed by atoms with Crippen LogP contribution in [0.15, 0.2) is 18.2 Å². The molecule has 0 aliphatic rings. The summed E-state index contributed by atoms with van der Waals surface area (Å²) >= 11 is 6.05. The van der Waals surface area contributed by atoms with Crippen molar-refractivity contribution in [3.05, 3.63) is 28.8 Å². The first-order valence-corrected chi connectivity index (χ1v) is 5.49. The summed E-state index contributed by atoms with van der Waals surface area (Å²) in [6.45, 7) is 2.88. The van der Waals surface area contributed by atoms with Crippen molar-refractivity contribution in [2.75, 3.05) is 11.9 Å². The zero-order valence-corrected chi connectivity index (χ0v) is 9.64. The van der Waals surface area contributed by atoms with E-state index in [1.54, 1.807) is 0 Å². The summed E-state index contributed by atoms with van der Waals surface area (Å²) in [6, 6.07) is 8.09. The number of hydrogen-bond donors (Lipinski definition) is 1. The molecule has 1 aromatic rings. The largest absolute Gasteiger partial charge is 0.384 e. The molecule has 2 nitrogen and oxygen atoms in total. The van der Waals surface area contributed by atoms with Crippen LogP contribution in [0, 0.1) is 18.3 Å². The second-order valence-corrected chi connectivity index (χ2v) is 3.93. The van der Waals surface area contributed by atoms with Crippen molar-refractivity contribution in [3.8, 4) is 6.07 Å². The summed E-state index contributed by atoms with van der Waals surface area (Å²) in [5.41, 5.74) is 2.13. The molecule has 1 N–H and O–H groups in total. The molecule has 80 valence electrons. The first-order valence-electron chi connectivity index (χ1n) is 5.11. The van der Waals surface area contributed by atoms with Gasteiger partial charge in [0.1, 0.15) is 0 Å². The van der Waals surface area contributed by atoms with Crippen molar-refractivity contribution >= 4 is 17.3 Å². The van der Waals surface area contributed by atoms with Gasteiger partial charge in [-0.1, -0.05) is 17.7 Å². The van der Waals surface area contributed by atoms with Crippen LogP contribution in [0.25, 0.3) is 0 Å². The van der Waals surface area contributed by atoms with Gasteiger partial charge in [0.05, 0.1) is 16.8 Å². The third-order valence-corrected chi connectivity index (χ3v) is 2.47. The highest BCUT2D eigenvalue weighted by Gasteiger charge is 1.98. The van der Waals surface area contributed by atoms with Crippen LogP contribution in [0.3, 0.4) is 0 Å². The van der Waals surface area contributed by atoms with Gasteiger partial charge in [-0.2, -0.15) is 5.26 Å². The van der Waals surface area contributed by atoms with Gasteiger partial charge >= 0.3 is 0 Å². The van der Waals surface area contributed by atoms with Crippen molar-refractivity contribution in [2.24, 2.45) is 0 Å². The van der Waals surface area contributed by atoms with Crippen molar-refractivity contribution < 1.29 is 0 Å². The first kappa shape index (κ1) is 11.9. The first-order chi connectivity index (χ1) is 7.24. The molecule has 0 radical (unpaired) electrons. The Labute approximate surface area is 95.9 Å². The van der Waals surface area contributed by atoms with Gasteiger partial charge in [0, 0.05) is 13.0 Å². The number of anilines is 1. The molecule has 15 heavy (non-hydrogen) atoms. The second-order valence-electron chi connectivity index (χ2n) is 3.53. The lowest BCUT2D eigenvalue weighted by atomic mass is 10.2. The summed E-state index contributed by atoms with van der Waals surface area (Å²) in [4.78, 5) is 0. The van der Waals surface area contributed by atoms with Gasteiger partial charge < -0.3 is 5.32 Å². The summed E-state index contributed by atoms with van der Waals surface area (Å²) < 4.78 is 0. The molecule has 0 saturated carbocycles. The van der Waals surface area contributed by atoms with E-state index in [0.717, 1.165) is 35.7 Å². The highest BCUT2D eigenvalue weighted by Crippen LogP contribution is 2.22. The Morgan fingerprint density at radius 2 is 2.20 bits per heavy atom. The van der Waals surface area contributed by atoms with Gasteiger partial charge in [-0.25, -0.2) is 0 Å². The molecule has 0 aliphatic carbocycles. The molecule has 0 bridgehead atoms. The van der Waals surface area contributed by atoms with Crippen LogP contribution >= 0.6 is 11.6 Å². The van der Waals surface area contributed by atoms with E-state index in [1.807, 2.05) is 25.1 Å². The number of benzene rings is 1. The zero-order valence-electron chi connectivity index (χ0n) is 8.89. The van der Waals surface area contributed by atoms with Crippen LogP contribution in [-0.4, -0.2) is 6.54 Å². The summed E-state index contributed by atoms with van der Waals surface area (Å²) in [5.74, 6) is 0. The summed E-state index contributed by atoms with van der Waals surface area (Å²) in [5, 5.41) is 12.4. The Morgan fingerprint density at radius 1 is 1.40 bits per heavy atom. The molecule has 0 aliphatic heterocycles. The maximum atomic E-state index is 8.37. The van der Waals surface area contributed by atoms with E-state index >= 15 is 0 Å². The monoisotopic (exact) mass is 222 g/mol. The molecule has 0 aromatic heterocycles. The van der Waals surface area contributed by atoms with Crippen molar-refractivity contribution in [2.45, 2.75) is 26.2 Å². The fourth-order valence-corrected chi connectivity index (χ4v) is 1.62. The van der Waals surface area contributed by atoms with Gasteiger partial charge in [0.25, 0.3) is 0 Å². The minimum absolute atomic E-state index is 0.628. The van der Waals surface area contributed by atoms with Crippen LogP contribution in [0.2, 0.25) is 5.02 Å². The quantitative estimate of drug-likeness (QED) is 0.771. The van der Waals surface area contributed by atoms with E-state index in [9.17, 15) is 0 Å². The van der Waals surface area contributed by atoms with Crippen LogP contribution in [-0.2, 0) is 0 Å². The maximum Gasteiger partial charge on any atom is 0.0640 e. The molecule has 0 heterocycles. The van der Waals surface area contributed by atoms with Gasteiger partial charge in [0.15, 0.2) is 0 Å². The molecule has 0 unspecified atom stereocenters. The van der Waals surface area contributed by atoms with Crippen LogP contribution in [0.1, 0.15) is 24.8 Å². The second kappa shape index (κ2) is 6.31. The number of nitriles is 1. The third-order valence-electron chi connectivity index (χ3n) is 2.16. The van der Waals surface area contributed by atoms with Crippen molar-refractivity contribution in [3.63, 3.8) is 0 Å². The van der Waals surface area contributed by atoms with E-state index < -0.39 is 0 Å². The third kappa shape index (κ3) is 4.22. The highest BCUT2D eigenvalue weighted by atomic mass is 35.5. The molecule has 0 saturated heterocycles. The number of halogens is 1. The SMILES string of the molecule is Cc1ccc(NCCCCC#N)c(Cl)c1. The molecule has 0 fully saturated rings. The van der Waals surface area contributed by atoms with Crippen LogP contribution < -0.4 is 5.32 Å². The molecular formula is C12H15ClN2. The number of hydrogen-bond acceptors (Lipinski definition) is 2. The number of rotatable bonds is 5. The predicted molar refractivity (Wildman–Crippen MR) is 64.1 cm³/mol. The van der Waals surface area contributed by atoms with E-state index in [2.05, 4.69) is 11.4 Å². The van der Waals surface area contributed by atoms with Crippen LogP contribution in [0.5, 0.6) is 0 Å².